The molecule has 2 fully saturated rings. The molecule has 0 spiro atoms. The fourth-order valence-electron chi connectivity index (χ4n) is 1.94. The standard InChI is InChI=1S/C8H18N4O/c1-6-10-8(9-3-4-13)11(2)7-5-12(6)7/h6-10,13H,3-5H2,1-2H3/t6?,7-,8?,12?/m0/s1. The minimum Gasteiger partial charge on any atom is -0.395 e. The molecule has 0 saturated carbocycles. The van der Waals surface area contributed by atoms with Gasteiger partial charge in [0.15, 0.2) is 0 Å². The Morgan fingerprint density at radius 1 is 1.62 bits per heavy atom. The fraction of sp³-hybridized carbons (Fsp3) is 1.00. The zero-order valence-electron chi connectivity index (χ0n) is 8.20. The molecule has 2 rings (SSSR count). The molecule has 76 valence electrons. The number of nitrogens with zero attached hydrogens (tertiary/aromatic N) is 2. The summed E-state index contributed by atoms with van der Waals surface area (Å²) in [5.41, 5.74) is 0. The van der Waals surface area contributed by atoms with Gasteiger partial charge in [-0.05, 0) is 14.0 Å². The van der Waals surface area contributed by atoms with Crippen LogP contribution in [0.1, 0.15) is 6.92 Å². The summed E-state index contributed by atoms with van der Waals surface area (Å²) in [4.78, 5) is 4.65. The Balaban J connectivity index is 1.87. The molecule has 2 saturated heterocycles. The van der Waals surface area contributed by atoms with E-state index in [1.807, 2.05) is 0 Å². The second-order valence-corrected chi connectivity index (χ2v) is 3.77. The van der Waals surface area contributed by atoms with Gasteiger partial charge in [-0.15, -0.1) is 0 Å². The molecule has 0 aromatic rings. The molecule has 0 radical (unpaired) electrons. The van der Waals surface area contributed by atoms with Crippen molar-refractivity contribution in [1.82, 2.24) is 20.4 Å². The van der Waals surface area contributed by atoms with Crippen molar-refractivity contribution in [3.63, 3.8) is 0 Å². The number of hydrogen-bond acceptors (Lipinski definition) is 5. The van der Waals surface area contributed by atoms with Crippen LogP contribution in [0.4, 0.5) is 0 Å². The molecule has 0 aromatic heterocycles. The third-order valence-corrected chi connectivity index (χ3v) is 2.85. The van der Waals surface area contributed by atoms with Crippen molar-refractivity contribution in [2.24, 2.45) is 0 Å². The van der Waals surface area contributed by atoms with Crippen LogP contribution in [-0.4, -0.2) is 60.3 Å². The summed E-state index contributed by atoms with van der Waals surface area (Å²) in [6, 6.07) is 0. The Morgan fingerprint density at radius 3 is 3.08 bits per heavy atom. The number of rotatable bonds is 3. The smallest absolute Gasteiger partial charge is 0.116 e. The van der Waals surface area contributed by atoms with Gasteiger partial charge in [0.05, 0.1) is 18.9 Å². The summed E-state index contributed by atoms with van der Waals surface area (Å²) in [7, 11) is 2.10. The Morgan fingerprint density at radius 2 is 2.38 bits per heavy atom. The minimum absolute atomic E-state index is 0.189. The van der Waals surface area contributed by atoms with E-state index in [-0.39, 0.29) is 12.9 Å². The number of nitrogens with one attached hydrogen (secondary N) is 2. The summed E-state index contributed by atoms with van der Waals surface area (Å²) in [5, 5.41) is 15.4. The van der Waals surface area contributed by atoms with Crippen LogP contribution in [-0.2, 0) is 0 Å². The van der Waals surface area contributed by atoms with Crippen molar-refractivity contribution < 1.29 is 5.11 Å². The summed E-state index contributed by atoms with van der Waals surface area (Å²) in [5.74, 6) is 0. The number of aliphatic hydroxyl groups is 1. The highest BCUT2D eigenvalue weighted by Crippen LogP contribution is 2.27. The maximum Gasteiger partial charge on any atom is 0.116 e. The van der Waals surface area contributed by atoms with Gasteiger partial charge in [0.25, 0.3) is 0 Å². The van der Waals surface area contributed by atoms with Crippen LogP contribution in [0.3, 0.4) is 0 Å². The monoisotopic (exact) mass is 186 g/mol. The van der Waals surface area contributed by atoms with Crippen LogP contribution < -0.4 is 10.6 Å². The van der Waals surface area contributed by atoms with Gasteiger partial charge in [-0.25, -0.2) is 0 Å². The molecule has 2 aliphatic rings. The molecule has 3 unspecified atom stereocenters. The quantitative estimate of drug-likeness (QED) is 0.462. The molecule has 4 atom stereocenters. The second-order valence-electron chi connectivity index (χ2n) is 3.77. The van der Waals surface area contributed by atoms with E-state index >= 15 is 0 Å². The van der Waals surface area contributed by atoms with E-state index in [0.29, 0.717) is 18.9 Å². The van der Waals surface area contributed by atoms with Gasteiger partial charge >= 0.3 is 0 Å². The second kappa shape index (κ2) is 3.51. The minimum atomic E-state index is 0.189. The summed E-state index contributed by atoms with van der Waals surface area (Å²) in [6.45, 7) is 4.15. The lowest BCUT2D eigenvalue weighted by molar-refractivity contribution is 0.0492. The number of fused-ring (bicyclic) bond motifs is 1. The normalized spacial score (nSPS) is 44.5. The fourth-order valence-corrected chi connectivity index (χ4v) is 1.94. The van der Waals surface area contributed by atoms with Crippen LogP contribution >= 0.6 is 0 Å². The van der Waals surface area contributed by atoms with Gasteiger partial charge in [0.1, 0.15) is 6.29 Å². The third-order valence-electron chi connectivity index (χ3n) is 2.85. The molecule has 0 aromatic carbocycles. The van der Waals surface area contributed by atoms with E-state index in [1.54, 1.807) is 0 Å². The predicted molar refractivity (Wildman–Crippen MR) is 49.7 cm³/mol. The lowest BCUT2D eigenvalue weighted by Gasteiger charge is -2.37. The zero-order valence-corrected chi connectivity index (χ0v) is 8.20. The van der Waals surface area contributed by atoms with E-state index in [4.69, 9.17) is 5.11 Å². The SMILES string of the molecule is CC1NC(NCCO)N(C)[C@@H]2CN12. The largest absolute Gasteiger partial charge is 0.395 e. The van der Waals surface area contributed by atoms with Crippen molar-refractivity contribution in [3.8, 4) is 0 Å². The Hall–Kier alpha value is -0.200. The van der Waals surface area contributed by atoms with Crippen LogP contribution in [0.15, 0.2) is 0 Å². The molecule has 3 N–H and O–H groups in total. The Kier molecular flexibility index (Phi) is 2.53. The predicted octanol–water partition coefficient (Wildman–Crippen LogP) is -1.63. The highest BCUT2D eigenvalue weighted by atomic mass is 16.3. The first-order valence-electron chi connectivity index (χ1n) is 4.82. The first-order valence-corrected chi connectivity index (χ1v) is 4.82. The van der Waals surface area contributed by atoms with Gasteiger partial charge in [0, 0.05) is 13.1 Å². The molecule has 2 heterocycles. The van der Waals surface area contributed by atoms with E-state index in [2.05, 4.69) is 34.4 Å². The van der Waals surface area contributed by atoms with Gasteiger partial charge in [-0.1, -0.05) is 0 Å². The molecular weight excluding hydrogens is 168 g/mol. The number of likely N-dealkylation sites (N-methyl/N-ethyl adjacent to an activating group) is 1. The summed E-state index contributed by atoms with van der Waals surface area (Å²) < 4.78 is 0. The van der Waals surface area contributed by atoms with Gasteiger partial charge in [0.2, 0.25) is 0 Å². The molecule has 0 aliphatic carbocycles. The van der Waals surface area contributed by atoms with Crippen LogP contribution in [0, 0.1) is 0 Å². The maximum absolute atomic E-state index is 8.71. The Bertz CT molecular complexity index is 189. The van der Waals surface area contributed by atoms with Crippen molar-refractivity contribution in [2.45, 2.75) is 25.5 Å². The van der Waals surface area contributed by atoms with Crippen molar-refractivity contribution >= 4 is 0 Å². The van der Waals surface area contributed by atoms with Crippen molar-refractivity contribution in [1.29, 1.82) is 0 Å². The highest BCUT2D eigenvalue weighted by Gasteiger charge is 2.47. The van der Waals surface area contributed by atoms with E-state index in [9.17, 15) is 0 Å². The van der Waals surface area contributed by atoms with E-state index < -0.39 is 0 Å². The molecule has 13 heavy (non-hydrogen) atoms. The number of aliphatic hydroxyl groups excluding tert-OH is 1. The van der Waals surface area contributed by atoms with Crippen molar-refractivity contribution in [2.75, 3.05) is 26.7 Å². The van der Waals surface area contributed by atoms with Crippen molar-refractivity contribution in [3.05, 3.63) is 0 Å². The first-order chi connectivity index (χ1) is 6.24. The van der Waals surface area contributed by atoms with Gasteiger partial charge in [-0.2, -0.15) is 0 Å². The van der Waals surface area contributed by atoms with Crippen LogP contribution in [0.5, 0.6) is 0 Å². The molecule has 0 amide bonds. The average molecular weight is 186 g/mol. The molecular formula is C8H18N4O. The highest BCUT2D eigenvalue weighted by molar-refractivity contribution is 4.96. The topological polar surface area (TPSA) is 50.5 Å². The first kappa shape index (κ1) is 9.36. The Labute approximate surface area is 78.7 Å². The third kappa shape index (κ3) is 1.70. The van der Waals surface area contributed by atoms with Crippen LogP contribution in [0.2, 0.25) is 0 Å². The van der Waals surface area contributed by atoms with Crippen LogP contribution in [0.25, 0.3) is 0 Å². The lowest BCUT2D eigenvalue weighted by atomic mass is 10.4. The average Bonchev–Trinajstić information content (AvgIpc) is 2.88. The van der Waals surface area contributed by atoms with Gasteiger partial charge in [-0.3, -0.25) is 20.4 Å². The van der Waals surface area contributed by atoms with Gasteiger partial charge < -0.3 is 5.11 Å². The molecule has 5 nitrogen and oxygen atoms in total. The molecule has 2 aliphatic heterocycles. The zero-order chi connectivity index (χ0) is 9.42. The summed E-state index contributed by atoms with van der Waals surface area (Å²) >= 11 is 0. The van der Waals surface area contributed by atoms with E-state index in [0.717, 1.165) is 6.54 Å². The number of hydrogen-bond donors (Lipinski definition) is 3. The summed E-state index contributed by atoms with van der Waals surface area (Å²) in [6.07, 6.45) is 1.23. The van der Waals surface area contributed by atoms with E-state index in [1.165, 1.54) is 0 Å². The molecule has 5 heteroatoms. The lowest BCUT2D eigenvalue weighted by Crippen LogP contribution is -2.63. The maximum atomic E-state index is 8.71. The molecule has 0 bridgehead atoms.